The normalized spacial score (nSPS) is 28.4. The van der Waals surface area contributed by atoms with Crippen LogP contribution in [0.2, 0.25) is 0 Å². The van der Waals surface area contributed by atoms with Crippen LogP contribution in [0.4, 0.5) is 11.8 Å². The summed E-state index contributed by atoms with van der Waals surface area (Å²) in [7, 11) is 0. The van der Waals surface area contributed by atoms with Crippen LogP contribution in [0.3, 0.4) is 0 Å². The molecule has 0 spiro atoms. The van der Waals surface area contributed by atoms with Crippen molar-refractivity contribution in [3.05, 3.63) is 28.7 Å². The first-order valence-corrected chi connectivity index (χ1v) is 8.83. The van der Waals surface area contributed by atoms with Crippen molar-refractivity contribution >= 4 is 29.3 Å². The van der Waals surface area contributed by atoms with Crippen molar-refractivity contribution in [3.63, 3.8) is 0 Å². The van der Waals surface area contributed by atoms with Gasteiger partial charge in [-0.05, 0) is 0 Å². The van der Waals surface area contributed by atoms with E-state index >= 15 is 0 Å². The third kappa shape index (κ3) is 2.54. The quantitative estimate of drug-likeness (QED) is 0.249. The van der Waals surface area contributed by atoms with Crippen molar-refractivity contribution < 1.29 is 25.2 Å². The van der Waals surface area contributed by atoms with Crippen molar-refractivity contribution in [2.45, 2.75) is 30.8 Å². The number of aliphatic hydroxyl groups is 4. The van der Waals surface area contributed by atoms with Crippen molar-refractivity contribution in [1.82, 2.24) is 29.2 Å². The summed E-state index contributed by atoms with van der Waals surface area (Å²) in [5, 5.41) is 41.6. The predicted octanol–water partition coefficient (Wildman–Crippen LogP) is -3.19. The van der Waals surface area contributed by atoms with E-state index < -0.39 is 42.9 Å². The number of fused-ring (bicyclic) bond motifs is 2. The van der Waals surface area contributed by atoms with Gasteiger partial charge in [-0.1, -0.05) is 0 Å². The molecule has 0 saturated carbocycles. The lowest BCUT2D eigenvalue weighted by Gasteiger charge is -2.29. The van der Waals surface area contributed by atoms with Crippen molar-refractivity contribution in [1.29, 1.82) is 0 Å². The molecule has 15 heteroatoms. The Labute approximate surface area is 166 Å². The first-order valence-electron chi connectivity index (χ1n) is 8.83. The second-order valence-electron chi connectivity index (χ2n) is 6.80. The molecule has 0 bridgehead atoms. The number of anilines is 1. The molecule has 0 aliphatic carbocycles. The van der Waals surface area contributed by atoms with Crippen molar-refractivity contribution in [2.75, 3.05) is 17.3 Å². The lowest BCUT2D eigenvalue weighted by Crippen LogP contribution is -2.39. The number of nitrogen functional groups attached to an aromatic ring is 1. The predicted molar refractivity (Wildman–Crippen MR) is 99.1 cm³/mol. The van der Waals surface area contributed by atoms with Crippen LogP contribution < -0.4 is 16.3 Å². The van der Waals surface area contributed by atoms with Gasteiger partial charge in [-0.15, -0.1) is 0 Å². The third-order valence-electron chi connectivity index (χ3n) is 5.04. The number of aliphatic hydroxyl groups excluding tert-OH is 4. The van der Waals surface area contributed by atoms with Crippen LogP contribution in [0.1, 0.15) is 18.1 Å². The van der Waals surface area contributed by atoms with E-state index in [-0.39, 0.29) is 28.6 Å². The Bertz CT molecular complexity index is 1200. The molecule has 0 radical (unpaired) electrons. The van der Waals surface area contributed by atoms with Gasteiger partial charge in [0.1, 0.15) is 36.7 Å². The monoisotopic (exact) mass is 419 g/mol. The number of hydrogen-bond donors (Lipinski definition) is 6. The van der Waals surface area contributed by atoms with Gasteiger partial charge in [0.15, 0.2) is 29.4 Å². The number of ether oxygens (including phenoxy) is 1. The molecule has 3 aromatic rings. The van der Waals surface area contributed by atoms with Gasteiger partial charge >= 0.3 is 0 Å². The number of imidazole rings is 2. The molecule has 7 N–H and O–H groups in total. The molecule has 30 heavy (non-hydrogen) atoms. The molecule has 5 rings (SSSR count). The molecule has 5 atom stereocenters. The Balaban J connectivity index is 1.52. The maximum atomic E-state index is 12.0. The van der Waals surface area contributed by atoms with Crippen molar-refractivity contribution in [3.8, 4) is 0 Å². The zero-order chi connectivity index (χ0) is 21.2. The second kappa shape index (κ2) is 6.57. The average Bonchev–Trinajstić information content (AvgIpc) is 3.40. The highest BCUT2D eigenvalue weighted by Crippen LogP contribution is 2.37. The smallest absolute Gasteiger partial charge is 0.280 e. The molecular formula is C15H17N9O6. The maximum Gasteiger partial charge on any atom is 0.280 e. The highest BCUT2D eigenvalue weighted by atomic mass is 16.6. The summed E-state index contributed by atoms with van der Waals surface area (Å²) in [4.78, 5) is 30.7. The van der Waals surface area contributed by atoms with E-state index in [1.54, 1.807) is 0 Å². The van der Waals surface area contributed by atoms with Crippen LogP contribution in [0.5, 0.6) is 0 Å². The molecule has 15 nitrogen and oxygen atoms in total. The maximum absolute atomic E-state index is 12.0. The fourth-order valence-corrected chi connectivity index (χ4v) is 3.54. The van der Waals surface area contributed by atoms with Gasteiger partial charge in [0, 0.05) is 0 Å². The minimum atomic E-state index is -1.35. The highest BCUT2D eigenvalue weighted by molar-refractivity contribution is 5.79. The molecular weight excluding hydrogens is 402 g/mol. The Morgan fingerprint density at radius 3 is 2.73 bits per heavy atom. The van der Waals surface area contributed by atoms with Crippen LogP contribution in [-0.4, -0.2) is 80.9 Å². The van der Waals surface area contributed by atoms with Crippen molar-refractivity contribution in [2.24, 2.45) is 4.99 Å². The first kappa shape index (κ1) is 18.6. The molecule has 1 saturated heterocycles. The van der Waals surface area contributed by atoms with Crippen LogP contribution in [0.25, 0.3) is 11.2 Å². The average molecular weight is 419 g/mol. The van der Waals surface area contributed by atoms with E-state index in [2.05, 4.69) is 24.9 Å². The third-order valence-corrected chi connectivity index (χ3v) is 5.04. The number of nitrogens with zero attached hydrogens (tertiary/aromatic N) is 7. The zero-order valence-electron chi connectivity index (χ0n) is 15.1. The van der Waals surface area contributed by atoms with E-state index in [9.17, 15) is 25.2 Å². The van der Waals surface area contributed by atoms with Gasteiger partial charge in [0.05, 0.1) is 12.9 Å². The lowest BCUT2D eigenvalue weighted by molar-refractivity contribution is -0.0520. The van der Waals surface area contributed by atoms with Crippen LogP contribution in [0, 0.1) is 0 Å². The summed E-state index contributed by atoms with van der Waals surface area (Å²) in [6.07, 6.45) is -2.18. The van der Waals surface area contributed by atoms with Crippen LogP contribution >= 0.6 is 0 Å². The Morgan fingerprint density at radius 1 is 1.20 bits per heavy atom. The molecule has 2 aliphatic heterocycles. The minimum Gasteiger partial charge on any atom is -0.394 e. The summed E-state index contributed by atoms with van der Waals surface area (Å²) >= 11 is 0. The van der Waals surface area contributed by atoms with E-state index in [4.69, 9.17) is 10.5 Å². The topological polar surface area (TPSA) is 213 Å². The van der Waals surface area contributed by atoms with Crippen LogP contribution in [-0.2, 0) is 4.74 Å². The lowest BCUT2D eigenvalue weighted by atomic mass is 10.1. The number of hydrogen-bond acceptors (Lipinski definition) is 12. The molecule has 158 valence electrons. The number of H-pyrrole nitrogens is 1. The minimum absolute atomic E-state index is 0.0210. The largest absolute Gasteiger partial charge is 0.394 e. The number of rotatable bonds is 3. The van der Waals surface area contributed by atoms with Gasteiger partial charge in [0.2, 0.25) is 5.95 Å². The Morgan fingerprint density at radius 2 is 2.00 bits per heavy atom. The zero-order valence-corrected chi connectivity index (χ0v) is 15.1. The van der Waals surface area contributed by atoms with Crippen LogP contribution in [0.15, 0.2) is 22.4 Å². The second-order valence-corrected chi connectivity index (χ2v) is 6.80. The molecule has 0 aromatic carbocycles. The van der Waals surface area contributed by atoms with Gasteiger partial charge < -0.3 is 30.9 Å². The Hall–Kier alpha value is -3.37. The fourth-order valence-electron chi connectivity index (χ4n) is 3.54. The fraction of sp³-hybridized carbons (Fsp3) is 0.400. The van der Waals surface area contributed by atoms with E-state index in [0.717, 1.165) is 0 Å². The summed E-state index contributed by atoms with van der Waals surface area (Å²) in [5.41, 5.74) is 5.31. The summed E-state index contributed by atoms with van der Waals surface area (Å²) < 4.78 is 8.14. The van der Waals surface area contributed by atoms with Gasteiger partial charge in [-0.25, -0.2) is 24.6 Å². The Kier molecular flexibility index (Phi) is 4.09. The molecule has 3 aromatic heterocycles. The number of nitrogens with one attached hydrogen (secondary N) is 1. The highest BCUT2D eigenvalue weighted by Gasteiger charge is 2.45. The molecule has 2 aliphatic rings. The summed E-state index contributed by atoms with van der Waals surface area (Å²) in [6, 6.07) is 0. The summed E-state index contributed by atoms with van der Waals surface area (Å²) in [5.74, 6) is 0.0651. The molecule has 0 amide bonds. The molecule has 1 fully saturated rings. The number of aromatic amines is 1. The van der Waals surface area contributed by atoms with Gasteiger partial charge in [-0.2, -0.15) is 4.98 Å². The standard InChI is InChI=1S/C15H17N9O6/c16-15-20-11-6(12(28)21-15)18-3-23(11)24-4-19-10-7(13(24)29)17-2-22(10)14-9(27)8(26)5(1-25)30-14/h2-5,8-9,13-14,25-27,29H,1H2,(H3,16,20,21,28)/t5-,8?,9?,13?,14-/m1/s1. The first-order chi connectivity index (χ1) is 14.4. The molecule has 5 heterocycles. The molecule has 3 unspecified atom stereocenters. The van der Waals surface area contributed by atoms with Gasteiger partial charge in [-0.3, -0.25) is 14.3 Å². The number of nitrogens with two attached hydrogens (primary N) is 1. The van der Waals surface area contributed by atoms with Gasteiger partial charge in [0.25, 0.3) is 5.56 Å². The van der Waals surface area contributed by atoms with E-state index in [0.29, 0.717) is 0 Å². The number of aliphatic imine (C=N–C) groups is 1. The van der Waals surface area contributed by atoms with E-state index in [1.807, 2.05) is 0 Å². The number of aromatic nitrogens is 6. The summed E-state index contributed by atoms with van der Waals surface area (Å²) in [6.45, 7) is -0.478. The van der Waals surface area contributed by atoms with E-state index in [1.165, 1.54) is 33.2 Å². The SMILES string of the molecule is Nc1nc2c(ncn2N2C=Nc3c(ncn3[C@@H]3O[C@H](CO)C(O)C3O)C2O)c(=O)[nH]1.